The topological polar surface area (TPSA) is 34.2 Å². The maximum Gasteiger partial charge on any atom is 0.129 e. The molecule has 0 aliphatic heterocycles. The summed E-state index contributed by atoms with van der Waals surface area (Å²) in [6, 6.07) is 2.51. The van der Waals surface area contributed by atoms with Crippen LogP contribution in [0, 0.1) is 0 Å². The van der Waals surface area contributed by atoms with Gasteiger partial charge in [0.1, 0.15) is 5.75 Å². The van der Waals surface area contributed by atoms with Gasteiger partial charge in [0.2, 0.25) is 0 Å². The Kier molecular flexibility index (Phi) is 4.15. The van der Waals surface area contributed by atoms with Crippen molar-refractivity contribution in [2.24, 2.45) is 0 Å². The van der Waals surface area contributed by atoms with Gasteiger partial charge in [-0.1, -0.05) is 13.0 Å². The zero-order chi connectivity index (χ0) is 12.1. The largest absolute Gasteiger partial charge is 0.496 e. The average Bonchev–Trinajstić information content (AvgIpc) is 2.39. The molecule has 0 saturated carbocycles. The first kappa shape index (κ1) is 12.1. The van der Waals surface area contributed by atoms with Crippen LogP contribution in [0.15, 0.2) is 24.5 Å². The third kappa shape index (κ3) is 2.86. The van der Waals surface area contributed by atoms with Crippen molar-refractivity contribution < 1.29 is 4.74 Å². The van der Waals surface area contributed by atoms with Crippen molar-refractivity contribution >= 4 is 5.57 Å². The van der Waals surface area contributed by atoms with Gasteiger partial charge in [0.15, 0.2) is 0 Å². The predicted molar refractivity (Wildman–Crippen MR) is 70.1 cm³/mol. The van der Waals surface area contributed by atoms with E-state index in [0.29, 0.717) is 6.04 Å². The van der Waals surface area contributed by atoms with E-state index in [9.17, 15) is 0 Å². The molecule has 0 spiro atoms. The summed E-state index contributed by atoms with van der Waals surface area (Å²) >= 11 is 0. The number of hydrogen-bond acceptors (Lipinski definition) is 3. The Morgan fingerprint density at radius 1 is 1.53 bits per heavy atom. The molecule has 1 aromatic heterocycles. The first-order valence-electron chi connectivity index (χ1n) is 6.26. The maximum atomic E-state index is 5.39. The standard InChI is InChI=1S/C14H20N2O/c1-3-16-12-6-4-5-11(9-12)13-10-15-8-7-14(13)17-2/h5,7-8,10,12,16H,3-4,6,9H2,1-2H3. The van der Waals surface area contributed by atoms with Crippen molar-refractivity contribution in [3.63, 3.8) is 0 Å². The van der Waals surface area contributed by atoms with Gasteiger partial charge in [0.05, 0.1) is 7.11 Å². The first-order valence-corrected chi connectivity index (χ1v) is 6.26. The molecular weight excluding hydrogens is 212 g/mol. The van der Waals surface area contributed by atoms with E-state index in [1.165, 1.54) is 12.0 Å². The smallest absolute Gasteiger partial charge is 0.129 e. The van der Waals surface area contributed by atoms with Gasteiger partial charge in [-0.05, 0) is 37.4 Å². The molecule has 1 unspecified atom stereocenters. The summed E-state index contributed by atoms with van der Waals surface area (Å²) in [5, 5.41) is 3.52. The molecule has 2 rings (SSSR count). The van der Waals surface area contributed by atoms with Crippen molar-refractivity contribution in [1.29, 1.82) is 0 Å². The molecule has 1 aliphatic rings. The van der Waals surface area contributed by atoms with Crippen LogP contribution in [0.2, 0.25) is 0 Å². The number of aromatic nitrogens is 1. The molecule has 1 aliphatic carbocycles. The van der Waals surface area contributed by atoms with Gasteiger partial charge in [-0.2, -0.15) is 0 Å². The van der Waals surface area contributed by atoms with Crippen molar-refractivity contribution in [2.45, 2.75) is 32.2 Å². The lowest BCUT2D eigenvalue weighted by Gasteiger charge is -2.24. The van der Waals surface area contributed by atoms with Crippen LogP contribution >= 0.6 is 0 Å². The van der Waals surface area contributed by atoms with Crippen molar-refractivity contribution in [3.05, 3.63) is 30.1 Å². The average molecular weight is 232 g/mol. The van der Waals surface area contributed by atoms with Crippen LogP contribution in [0.25, 0.3) is 5.57 Å². The SMILES string of the molecule is CCNC1CCC=C(c2cnccc2OC)C1. The van der Waals surface area contributed by atoms with Gasteiger partial charge < -0.3 is 10.1 Å². The molecule has 1 aromatic rings. The molecule has 17 heavy (non-hydrogen) atoms. The van der Waals surface area contributed by atoms with Crippen LogP contribution in [-0.4, -0.2) is 24.7 Å². The van der Waals surface area contributed by atoms with Crippen LogP contribution in [0.4, 0.5) is 0 Å². The second-order valence-corrected chi connectivity index (χ2v) is 4.34. The van der Waals surface area contributed by atoms with Gasteiger partial charge in [-0.15, -0.1) is 0 Å². The molecule has 0 fully saturated rings. The van der Waals surface area contributed by atoms with Gasteiger partial charge in [-0.3, -0.25) is 4.98 Å². The molecular formula is C14H20N2O. The lowest BCUT2D eigenvalue weighted by molar-refractivity contribution is 0.412. The highest BCUT2D eigenvalue weighted by Gasteiger charge is 2.17. The molecule has 0 bridgehead atoms. The highest BCUT2D eigenvalue weighted by atomic mass is 16.5. The normalized spacial score (nSPS) is 19.9. The highest BCUT2D eigenvalue weighted by Crippen LogP contribution is 2.32. The van der Waals surface area contributed by atoms with E-state index in [1.807, 2.05) is 12.3 Å². The van der Waals surface area contributed by atoms with Crippen molar-refractivity contribution in [3.8, 4) is 5.75 Å². The molecule has 0 saturated heterocycles. The van der Waals surface area contributed by atoms with E-state index in [0.717, 1.165) is 30.7 Å². The minimum atomic E-state index is 0.588. The molecule has 3 heteroatoms. The third-order valence-electron chi connectivity index (χ3n) is 3.21. The molecule has 0 radical (unpaired) electrons. The molecule has 92 valence electrons. The number of hydrogen-bond donors (Lipinski definition) is 1. The Hall–Kier alpha value is -1.35. The Labute approximate surface area is 103 Å². The summed E-state index contributed by atoms with van der Waals surface area (Å²) in [7, 11) is 1.71. The third-order valence-corrected chi connectivity index (χ3v) is 3.21. The molecule has 0 amide bonds. The minimum absolute atomic E-state index is 0.588. The summed E-state index contributed by atoms with van der Waals surface area (Å²) in [5.41, 5.74) is 2.49. The summed E-state index contributed by atoms with van der Waals surface area (Å²) in [5.74, 6) is 0.920. The number of nitrogens with one attached hydrogen (secondary N) is 1. The Morgan fingerprint density at radius 3 is 3.18 bits per heavy atom. The lowest BCUT2D eigenvalue weighted by atomic mass is 9.90. The summed E-state index contributed by atoms with van der Waals surface area (Å²) in [4.78, 5) is 4.20. The minimum Gasteiger partial charge on any atom is -0.496 e. The Morgan fingerprint density at radius 2 is 2.41 bits per heavy atom. The van der Waals surface area contributed by atoms with Gasteiger partial charge in [-0.25, -0.2) is 0 Å². The number of pyridine rings is 1. The molecule has 0 aromatic carbocycles. The van der Waals surface area contributed by atoms with Crippen LogP contribution in [0.1, 0.15) is 31.7 Å². The van der Waals surface area contributed by atoms with Crippen LogP contribution < -0.4 is 10.1 Å². The fourth-order valence-electron chi connectivity index (χ4n) is 2.39. The van der Waals surface area contributed by atoms with E-state index in [1.54, 1.807) is 13.3 Å². The fourth-order valence-corrected chi connectivity index (χ4v) is 2.39. The zero-order valence-corrected chi connectivity index (χ0v) is 10.6. The van der Waals surface area contributed by atoms with Crippen molar-refractivity contribution in [1.82, 2.24) is 10.3 Å². The van der Waals surface area contributed by atoms with E-state index in [-0.39, 0.29) is 0 Å². The zero-order valence-electron chi connectivity index (χ0n) is 10.6. The highest BCUT2D eigenvalue weighted by molar-refractivity contribution is 5.70. The summed E-state index contributed by atoms with van der Waals surface area (Å²) in [6.45, 7) is 3.19. The Balaban J connectivity index is 2.19. The number of rotatable bonds is 4. The molecule has 1 heterocycles. The van der Waals surface area contributed by atoms with Gasteiger partial charge in [0, 0.05) is 24.0 Å². The van der Waals surface area contributed by atoms with E-state index in [4.69, 9.17) is 4.74 Å². The second-order valence-electron chi connectivity index (χ2n) is 4.34. The number of ether oxygens (including phenoxy) is 1. The second kappa shape index (κ2) is 5.82. The number of methoxy groups -OCH3 is 1. The number of nitrogens with zero attached hydrogens (tertiary/aromatic N) is 1. The first-order chi connectivity index (χ1) is 8.35. The number of allylic oxidation sites excluding steroid dienone is 1. The van der Waals surface area contributed by atoms with Gasteiger partial charge >= 0.3 is 0 Å². The maximum absolute atomic E-state index is 5.39. The summed E-state index contributed by atoms with van der Waals surface area (Å²) < 4.78 is 5.39. The molecule has 1 atom stereocenters. The fraction of sp³-hybridized carbons (Fsp3) is 0.500. The van der Waals surface area contributed by atoms with Gasteiger partial charge in [0.25, 0.3) is 0 Å². The van der Waals surface area contributed by atoms with Crippen LogP contribution in [0.5, 0.6) is 5.75 Å². The molecule has 3 nitrogen and oxygen atoms in total. The Bertz CT molecular complexity index is 401. The van der Waals surface area contributed by atoms with E-state index in [2.05, 4.69) is 23.3 Å². The van der Waals surface area contributed by atoms with Crippen LogP contribution in [0.3, 0.4) is 0 Å². The quantitative estimate of drug-likeness (QED) is 0.866. The van der Waals surface area contributed by atoms with Crippen molar-refractivity contribution in [2.75, 3.05) is 13.7 Å². The van der Waals surface area contributed by atoms with Crippen LogP contribution in [-0.2, 0) is 0 Å². The summed E-state index contributed by atoms with van der Waals surface area (Å²) in [6.07, 6.45) is 9.40. The van der Waals surface area contributed by atoms with E-state index < -0.39 is 0 Å². The monoisotopic (exact) mass is 232 g/mol. The lowest BCUT2D eigenvalue weighted by Crippen LogP contribution is -2.30. The molecule has 1 N–H and O–H groups in total. The van der Waals surface area contributed by atoms with E-state index >= 15 is 0 Å². The predicted octanol–water partition coefficient (Wildman–Crippen LogP) is 2.64.